The number of pyridine rings is 2. The van der Waals surface area contributed by atoms with Crippen LogP contribution in [0.15, 0.2) is 11.0 Å². The maximum absolute atomic E-state index is 13.6. The Morgan fingerprint density at radius 1 is 1.25 bits per heavy atom. The molecule has 5 N–H and O–H groups in total. The van der Waals surface area contributed by atoms with Gasteiger partial charge in [0.1, 0.15) is 22.9 Å². The van der Waals surface area contributed by atoms with Gasteiger partial charge in [-0.25, -0.2) is 4.98 Å². The molecule has 0 atom stereocenters. The lowest BCUT2D eigenvalue weighted by Gasteiger charge is -2.36. The molecule has 3 aliphatic rings. The highest BCUT2D eigenvalue weighted by molar-refractivity contribution is 5.99. The zero-order valence-corrected chi connectivity index (χ0v) is 15.7. The summed E-state index contributed by atoms with van der Waals surface area (Å²) in [6.07, 6.45) is 7.92. The molecule has 2 aromatic heterocycles. The van der Waals surface area contributed by atoms with Crippen molar-refractivity contribution in [3.63, 3.8) is 0 Å². The molecule has 2 aromatic rings. The van der Waals surface area contributed by atoms with E-state index in [4.69, 9.17) is 11.1 Å². The van der Waals surface area contributed by atoms with Crippen molar-refractivity contribution in [3.05, 3.63) is 44.5 Å². The smallest absolute Gasteiger partial charge is 0.277 e. The number of rotatable bonds is 1. The SMILES string of the molecule is Cc1c2c(c(=O)n3c1C(=O)NC31CCCCC1)Nc1c(cnc(N)c1C=N)C2. The predicted molar refractivity (Wildman–Crippen MR) is 107 cm³/mol. The Balaban J connectivity index is 1.76. The fourth-order valence-corrected chi connectivity index (χ4v) is 5.01. The molecular formula is C20H22N6O2. The average Bonchev–Trinajstić information content (AvgIpc) is 2.97. The number of aromatic nitrogens is 2. The van der Waals surface area contributed by atoms with Crippen LogP contribution >= 0.6 is 0 Å². The highest BCUT2D eigenvalue weighted by Gasteiger charge is 2.46. The zero-order chi connectivity index (χ0) is 19.6. The van der Waals surface area contributed by atoms with Crippen LogP contribution in [0.4, 0.5) is 17.2 Å². The van der Waals surface area contributed by atoms with Gasteiger partial charge in [-0.05, 0) is 49.3 Å². The third-order valence-electron chi connectivity index (χ3n) is 6.41. The van der Waals surface area contributed by atoms with Crippen LogP contribution in [0.5, 0.6) is 0 Å². The minimum absolute atomic E-state index is 0.166. The van der Waals surface area contributed by atoms with Gasteiger partial charge < -0.3 is 21.8 Å². The van der Waals surface area contributed by atoms with Crippen molar-refractivity contribution in [1.29, 1.82) is 5.41 Å². The van der Waals surface area contributed by atoms with Gasteiger partial charge in [0.25, 0.3) is 11.5 Å². The first kappa shape index (κ1) is 17.0. The first-order valence-electron chi connectivity index (χ1n) is 9.63. The fourth-order valence-electron chi connectivity index (χ4n) is 5.01. The lowest BCUT2D eigenvalue weighted by molar-refractivity contribution is 0.0876. The Kier molecular flexibility index (Phi) is 3.44. The van der Waals surface area contributed by atoms with E-state index >= 15 is 0 Å². The molecule has 1 saturated carbocycles. The molecule has 1 fully saturated rings. The minimum atomic E-state index is -0.620. The molecule has 5 rings (SSSR count). The quantitative estimate of drug-likeness (QED) is 0.483. The van der Waals surface area contributed by atoms with Crippen LogP contribution in [0.3, 0.4) is 0 Å². The summed E-state index contributed by atoms with van der Waals surface area (Å²) in [6, 6.07) is 0. The summed E-state index contributed by atoms with van der Waals surface area (Å²) in [6.45, 7) is 1.90. The van der Waals surface area contributed by atoms with Crippen molar-refractivity contribution in [3.8, 4) is 0 Å². The van der Waals surface area contributed by atoms with Gasteiger partial charge in [-0.2, -0.15) is 0 Å². The van der Waals surface area contributed by atoms with Crippen LogP contribution in [0.2, 0.25) is 0 Å². The summed E-state index contributed by atoms with van der Waals surface area (Å²) >= 11 is 0. The van der Waals surface area contributed by atoms with E-state index in [9.17, 15) is 9.59 Å². The van der Waals surface area contributed by atoms with E-state index in [-0.39, 0.29) is 17.3 Å². The lowest BCUT2D eigenvalue weighted by Crippen LogP contribution is -2.49. The predicted octanol–water partition coefficient (Wildman–Crippen LogP) is 2.14. The van der Waals surface area contributed by atoms with Gasteiger partial charge in [-0.3, -0.25) is 14.2 Å². The van der Waals surface area contributed by atoms with Gasteiger partial charge >= 0.3 is 0 Å². The van der Waals surface area contributed by atoms with E-state index in [0.29, 0.717) is 29.1 Å². The van der Waals surface area contributed by atoms with Crippen molar-refractivity contribution in [1.82, 2.24) is 14.9 Å². The number of nitrogen functional groups attached to an aromatic ring is 1. The number of carbonyl (C=O) groups is 1. The zero-order valence-electron chi connectivity index (χ0n) is 15.7. The third kappa shape index (κ3) is 2.05. The van der Waals surface area contributed by atoms with Crippen LogP contribution in [0.25, 0.3) is 0 Å². The molecule has 2 aliphatic heterocycles. The normalized spacial score (nSPS) is 18.7. The highest BCUT2D eigenvalue weighted by Crippen LogP contribution is 2.41. The van der Waals surface area contributed by atoms with Gasteiger partial charge in [-0.15, -0.1) is 0 Å². The topological polar surface area (TPSA) is 126 Å². The molecule has 8 heteroatoms. The monoisotopic (exact) mass is 378 g/mol. The van der Waals surface area contributed by atoms with Crippen LogP contribution in [0, 0.1) is 12.3 Å². The Morgan fingerprint density at radius 2 is 2.00 bits per heavy atom. The summed E-state index contributed by atoms with van der Waals surface area (Å²) in [5.41, 5.74) is 9.70. The summed E-state index contributed by atoms with van der Waals surface area (Å²) in [5, 5.41) is 14.0. The second-order valence-corrected chi connectivity index (χ2v) is 7.92. The van der Waals surface area contributed by atoms with Gasteiger partial charge in [-0.1, -0.05) is 6.42 Å². The van der Waals surface area contributed by atoms with Gasteiger partial charge in [0, 0.05) is 18.8 Å². The molecule has 28 heavy (non-hydrogen) atoms. The standard InChI is InChI=1S/C20H22N6O2/c1-10-12-7-11-9-23-17(22)13(8-21)14(11)24-15(12)19(28)26-16(10)18(27)25-20(26)5-3-2-4-6-20/h8-9,21,24H,2-7H2,1H3,(H2,22,23)(H,25,27). The van der Waals surface area contributed by atoms with Gasteiger partial charge in [0.2, 0.25) is 0 Å². The molecule has 0 saturated heterocycles. The molecule has 4 heterocycles. The first-order valence-corrected chi connectivity index (χ1v) is 9.63. The number of nitrogens with one attached hydrogen (secondary N) is 3. The van der Waals surface area contributed by atoms with E-state index < -0.39 is 5.66 Å². The molecule has 0 unspecified atom stereocenters. The van der Waals surface area contributed by atoms with E-state index in [2.05, 4.69) is 15.6 Å². The van der Waals surface area contributed by atoms with Crippen LogP contribution in [-0.4, -0.2) is 21.7 Å². The lowest BCUT2D eigenvalue weighted by atomic mass is 9.88. The largest absolute Gasteiger partial charge is 0.383 e. The highest BCUT2D eigenvalue weighted by atomic mass is 16.2. The summed E-state index contributed by atoms with van der Waals surface area (Å²) in [4.78, 5) is 30.6. The summed E-state index contributed by atoms with van der Waals surface area (Å²) in [5.74, 6) is 0.0870. The number of fused-ring (bicyclic) bond motifs is 4. The van der Waals surface area contributed by atoms with Crippen molar-refractivity contribution >= 4 is 29.3 Å². The number of anilines is 3. The molecular weight excluding hydrogens is 356 g/mol. The van der Waals surface area contributed by atoms with Crippen molar-refractivity contribution < 1.29 is 4.79 Å². The average molecular weight is 378 g/mol. The van der Waals surface area contributed by atoms with Gasteiger partial charge in [0.05, 0.1) is 11.3 Å². The number of amides is 1. The molecule has 8 nitrogen and oxygen atoms in total. The molecule has 144 valence electrons. The first-order chi connectivity index (χ1) is 13.5. The Hall–Kier alpha value is -3.16. The maximum atomic E-state index is 13.6. The van der Waals surface area contributed by atoms with Crippen molar-refractivity contribution in [2.75, 3.05) is 11.1 Å². The van der Waals surface area contributed by atoms with Crippen LogP contribution < -0.4 is 21.9 Å². The number of hydrogen-bond donors (Lipinski definition) is 4. The Morgan fingerprint density at radius 3 is 2.71 bits per heavy atom. The van der Waals surface area contributed by atoms with Crippen LogP contribution in [-0.2, 0) is 12.1 Å². The fraction of sp³-hybridized carbons (Fsp3) is 0.400. The number of carbonyl (C=O) groups excluding carboxylic acids is 1. The summed E-state index contributed by atoms with van der Waals surface area (Å²) in [7, 11) is 0. The molecule has 1 amide bonds. The number of nitrogens with zero attached hydrogens (tertiary/aromatic N) is 2. The molecule has 0 aromatic carbocycles. The van der Waals surface area contributed by atoms with Crippen LogP contribution in [0.1, 0.15) is 64.8 Å². The van der Waals surface area contributed by atoms with E-state index in [1.807, 2.05) is 6.92 Å². The molecule has 0 bridgehead atoms. The van der Waals surface area contributed by atoms with Crippen molar-refractivity contribution in [2.24, 2.45) is 0 Å². The maximum Gasteiger partial charge on any atom is 0.277 e. The molecule has 1 spiro atoms. The minimum Gasteiger partial charge on any atom is -0.383 e. The van der Waals surface area contributed by atoms with E-state index in [1.54, 1.807) is 10.8 Å². The second kappa shape index (κ2) is 5.67. The third-order valence-corrected chi connectivity index (χ3v) is 6.41. The Bertz CT molecular complexity index is 1110. The number of hydrogen-bond acceptors (Lipinski definition) is 6. The van der Waals surface area contributed by atoms with E-state index in [1.165, 1.54) is 0 Å². The second-order valence-electron chi connectivity index (χ2n) is 7.92. The summed E-state index contributed by atoms with van der Waals surface area (Å²) < 4.78 is 1.69. The Labute approximate surface area is 161 Å². The molecule has 1 aliphatic carbocycles. The van der Waals surface area contributed by atoms with Crippen molar-refractivity contribution in [2.45, 2.75) is 51.1 Å². The number of nitrogens with two attached hydrogens (primary N) is 1. The molecule has 0 radical (unpaired) electrons. The van der Waals surface area contributed by atoms with E-state index in [0.717, 1.165) is 55.0 Å². The van der Waals surface area contributed by atoms with Gasteiger partial charge in [0.15, 0.2) is 0 Å².